The highest BCUT2D eigenvalue weighted by Crippen LogP contribution is 2.35. The number of alkyl halides is 6. The Bertz CT molecular complexity index is 1920. The Balaban J connectivity index is 1.10. The molecule has 2 fully saturated rings. The molecule has 1 aliphatic carbocycles. The number of carbonyl (C=O) groups excluding carboxylic acids is 3. The fourth-order valence-corrected chi connectivity index (χ4v) is 7.55. The molecule has 2 aliphatic rings. The molecular weight excluding hydrogens is 692 g/mol. The number of ketones is 1. The number of likely N-dealkylation sites (tertiary alicyclic amines) is 1. The number of benzene rings is 3. The number of amides is 2. The SMILES string of the molecule is O=C(C=C(NC(=O)c1csc(C2CCN(C(=O)c3ccccc3-c3ccc(C(F)(F)F)cc3)CC2)n1)C1CCCC1)c1ccc(C(F)(F)F)cc1. The third-order valence-corrected chi connectivity index (χ3v) is 10.4. The summed E-state index contributed by atoms with van der Waals surface area (Å²) < 4.78 is 78.2. The van der Waals surface area contributed by atoms with E-state index in [2.05, 4.69) is 10.3 Å². The summed E-state index contributed by atoms with van der Waals surface area (Å²) in [6.45, 7) is 0.846. The van der Waals surface area contributed by atoms with E-state index < -0.39 is 35.2 Å². The Hall–Kier alpha value is -4.78. The second-order valence-corrected chi connectivity index (χ2v) is 13.6. The quantitative estimate of drug-likeness (QED) is 0.112. The highest BCUT2D eigenvalue weighted by atomic mass is 32.1. The monoisotopic (exact) mass is 725 g/mol. The fraction of sp³-hybridized carbons (Fsp3) is 0.316. The maximum atomic E-state index is 13.6. The van der Waals surface area contributed by atoms with E-state index in [0.29, 0.717) is 48.3 Å². The molecule has 0 atom stereocenters. The molecule has 1 N–H and O–H groups in total. The molecule has 0 unspecified atom stereocenters. The Morgan fingerprint density at radius 1 is 0.784 bits per heavy atom. The van der Waals surface area contributed by atoms with Crippen LogP contribution in [0.1, 0.15) is 91.8 Å². The van der Waals surface area contributed by atoms with Crippen LogP contribution in [0, 0.1) is 5.92 Å². The molecular formula is C38H33F6N3O3S. The van der Waals surface area contributed by atoms with Crippen LogP contribution >= 0.6 is 11.3 Å². The molecule has 0 radical (unpaired) electrons. The number of thiazole rings is 1. The second-order valence-electron chi connectivity index (χ2n) is 12.7. The zero-order valence-electron chi connectivity index (χ0n) is 27.2. The van der Waals surface area contributed by atoms with E-state index in [4.69, 9.17) is 0 Å². The highest BCUT2D eigenvalue weighted by molar-refractivity contribution is 7.09. The van der Waals surface area contributed by atoms with Crippen molar-refractivity contribution in [2.24, 2.45) is 5.92 Å². The van der Waals surface area contributed by atoms with Crippen LogP contribution in [0.15, 0.2) is 89.9 Å². The molecule has 2 amide bonds. The van der Waals surface area contributed by atoms with Gasteiger partial charge in [0.05, 0.1) is 16.1 Å². The van der Waals surface area contributed by atoms with Gasteiger partial charge in [-0.05, 0) is 73.1 Å². The number of piperidine rings is 1. The van der Waals surface area contributed by atoms with Gasteiger partial charge in [-0.1, -0.05) is 55.3 Å². The van der Waals surface area contributed by atoms with Crippen LogP contribution in [0.5, 0.6) is 0 Å². The summed E-state index contributed by atoms with van der Waals surface area (Å²) >= 11 is 1.33. The van der Waals surface area contributed by atoms with Crippen molar-refractivity contribution in [1.82, 2.24) is 15.2 Å². The van der Waals surface area contributed by atoms with Crippen molar-refractivity contribution in [3.8, 4) is 11.1 Å². The minimum atomic E-state index is -4.52. The van der Waals surface area contributed by atoms with E-state index in [9.17, 15) is 40.7 Å². The smallest absolute Gasteiger partial charge is 0.339 e. The number of hydrogen-bond acceptors (Lipinski definition) is 5. The lowest BCUT2D eigenvalue weighted by Crippen LogP contribution is -2.38. The number of hydrogen-bond donors (Lipinski definition) is 1. The van der Waals surface area contributed by atoms with Crippen molar-refractivity contribution in [3.05, 3.63) is 123 Å². The van der Waals surface area contributed by atoms with E-state index in [1.807, 2.05) is 0 Å². The summed E-state index contributed by atoms with van der Waals surface area (Å²) in [4.78, 5) is 46.3. The zero-order valence-corrected chi connectivity index (χ0v) is 28.0. The molecule has 1 saturated heterocycles. The van der Waals surface area contributed by atoms with Crippen molar-refractivity contribution in [2.45, 2.75) is 56.8 Å². The van der Waals surface area contributed by atoms with Gasteiger partial charge in [0.15, 0.2) is 5.78 Å². The van der Waals surface area contributed by atoms with Crippen molar-refractivity contribution in [2.75, 3.05) is 13.1 Å². The van der Waals surface area contributed by atoms with Gasteiger partial charge in [0.1, 0.15) is 5.69 Å². The summed E-state index contributed by atoms with van der Waals surface area (Å²) in [5.74, 6) is -1.29. The number of rotatable bonds is 8. The Morgan fingerprint density at radius 3 is 1.98 bits per heavy atom. The normalized spacial score (nSPS) is 16.4. The van der Waals surface area contributed by atoms with Gasteiger partial charge in [-0.3, -0.25) is 14.4 Å². The Labute approximate surface area is 294 Å². The summed E-state index contributed by atoms with van der Waals surface area (Å²) in [5.41, 5.74) is 0.503. The van der Waals surface area contributed by atoms with Gasteiger partial charge in [-0.15, -0.1) is 11.3 Å². The van der Waals surface area contributed by atoms with Crippen LogP contribution in [0.2, 0.25) is 0 Å². The van der Waals surface area contributed by atoms with Crippen molar-refractivity contribution in [1.29, 1.82) is 0 Å². The number of nitrogens with one attached hydrogen (secondary N) is 1. The molecule has 1 aliphatic heterocycles. The van der Waals surface area contributed by atoms with Crippen LogP contribution in [0.25, 0.3) is 11.1 Å². The summed E-state index contributed by atoms with van der Waals surface area (Å²) in [6.07, 6.45) is -3.11. The summed E-state index contributed by atoms with van der Waals surface area (Å²) in [7, 11) is 0. The number of allylic oxidation sites excluding steroid dienone is 2. The van der Waals surface area contributed by atoms with Gasteiger partial charge in [0, 0.05) is 47.3 Å². The number of carbonyl (C=O) groups is 3. The molecule has 1 aromatic heterocycles. The van der Waals surface area contributed by atoms with E-state index in [1.54, 1.807) is 34.5 Å². The largest absolute Gasteiger partial charge is 0.416 e. The Morgan fingerprint density at radius 2 is 1.37 bits per heavy atom. The number of aromatic nitrogens is 1. The highest BCUT2D eigenvalue weighted by Gasteiger charge is 2.32. The van der Waals surface area contributed by atoms with Crippen LogP contribution in [0.4, 0.5) is 26.3 Å². The first kappa shape index (κ1) is 36.0. The van der Waals surface area contributed by atoms with Crippen LogP contribution in [0.3, 0.4) is 0 Å². The molecule has 3 aromatic carbocycles. The molecule has 2 heterocycles. The maximum absolute atomic E-state index is 13.6. The average Bonchev–Trinajstić information content (AvgIpc) is 3.84. The number of halogens is 6. The Kier molecular flexibility index (Phi) is 10.5. The van der Waals surface area contributed by atoms with Crippen molar-refractivity contribution in [3.63, 3.8) is 0 Å². The predicted octanol–water partition coefficient (Wildman–Crippen LogP) is 9.55. The molecule has 1 saturated carbocycles. The van der Waals surface area contributed by atoms with Gasteiger partial charge in [0.25, 0.3) is 11.8 Å². The first-order chi connectivity index (χ1) is 24.3. The first-order valence-electron chi connectivity index (χ1n) is 16.5. The molecule has 51 heavy (non-hydrogen) atoms. The molecule has 266 valence electrons. The van der Waals surface area contributed by atoms with E-state index in [0.717, 1.165) is 67.1 Å². The van der Waals surface area contributed by atoms with E-state index in [-0.39, 0.29) is 29.0 Å². The third kappa shape index (κ3) is 8.41. The predicted molar refractivity (Wildman–Crippen MR) is 180 cm³/mol. The van der Waals surface area contributed by atoms with Gasteiger partial charge < -0.3 is 10.2 Å². The maximum Gasteiger partial charge on any atom is 0.416 e. The lowest BCUT2D eigenvalue weighted by molar-refractivity contribution is -0.138. The van der Waals surface area contributed by atoms with Crippen molar-refractivity contribution < 1.29 is 40.7 Å². The van der Waals surface area contributed by atoms with Gasteiger partial charge >= 0.3 is 12.4 Å². The second kappa shape index (κ2) is 14.8. The van der Waals surface area contributed by atoms with Crippen molar-refractivity contribution >= 4 is 28.9 Å². The molecule has 0 spiro atoms. The van der Waals surface area contributed by atoms with Crippen LogP contribution in [-0.2, 0) is 12.4 Å². The van der Waals surface area contributed by atoms with Gasteiger partial charge in [-0.25, -0.2) is 4.98 Å². The standard InChI is InChI=1S/C38H33F6N3O3S/c39-37(40,41)27-13-9-23(10-14-27)29-7-3-4-8-30(29)36(50)47-19-17-26(18-20-47)35-46-32(22-51-35)34(49)45-31(24-5-1-2-6-24)21-33(48)25-11-15-28(16-12-25)38(42,43)44/h3-4,7-16,21-22,24,26H,1-2,5-6,17-20H2,(H,45,49). The molecule has 6 rings (SSSR count). The first-order valence-corrected chi connectivity index (χ1v) is 17.4. The number of nitrogens with zero attached hydrogens (tertiary/aromatic N) is 2. The fourth-order valence-electron chi connectivity index (χ4n) is 6.58. The lowest BCUT2D eigenvalue weighted by atomic mass is 9.94. The average molecular weight is 726 g/mol. The minimum absolute atomic E-state index is 0.00292. The summed E-state index contributed by atoms with van der Waals surface area (Å²) in [5, 5.41) is 5.24. The van der Waals surface area contributed by atoms with Crippen LogP contribution < -0.4 is 5.32 Å². The zero-order chi connectivity index (χ0) is 36.3. The molecule has 6 nitrogen and oxygen atoms in total. The topological polar surface area (TPSA) is 79.4 Å². The summed E-state index contributed by atoms with van der Waals surface area (Å²) in [6, 6.07) is 15.5. The van der Waals surface area contributed by atoms with Gasteiger partial charge in [0.2, 0.25) is 0 Å². The van der Waals surface area contributed by atoms with Crippen LogP contribution in [-0.4, -0.2) is 40.6 Å². The molecule has 13 heteroatoms. The molecule has 4 aromatic rings. The minimum Gasteiger partial charge on any atom is -0.339 e. The molecule has 0 bridgehead atoms. The third-order valence-electron chi connectivity index (χ3n) is 9.40. The lowest BCUT2D eigenvalue weighted by Gasteiger charge is -2.31. The van der Waals surface area contributed by atoms with Gasteiger partial charge in [-0.2, -0.15) is 26.3 Å². The van der Waals surface area contributed by atoms with E-state index >= 15 is 0 Å². The van der Waals surface area contributed by atoms with E-state index in [1.165, 1.54) is 29.5 Å².